The minimum absolute atomic E-state index is 0.118. The molecule has 0 aliphatic carbocycles. The van der Waals surface area contributed by atoms with Crippen LogP contribution in [0.3, 0.4) is 0 Å². The van der Waals surface area contributed by atoms with E-state index in [0.717, 1.165) is 0 Å². The van der Waals surface area contributed by atoms with Gasteiger partial charge in [0.1, 0.15) is 11.4 Å². The SMILES string of the molecule is CC1Oc2ccc(NC(=O)c3ccc(-n4ccnc4)c([N+](=O)[O-])c3)cc2NC1=O. The Hall–Kier alpha value is -4.21. The van der Waals surface area contributed by atoms with E-state index in [1.165, 1.54) is 35.3 Å². The first kappa shape index (κ1) is 18.2. The highest BCUT2D eigenvalue weighted by atomic mass is 16.6. The molecule has 2 amide bonds. The summed E-state index contributed by atoms with van der Waals surface area (Å²) in [5.41, 5.74) is 1.04. The zero-order valence-corrected chi connectivity index (χ0v) is 15.2. The molecule has 1 unspecified atom stereocenters. The number of benzene rings is 2. The number of carbonyl (C=O) groups is 2. The van der Waals surface area contributed by atoms with E-state index >= 15 is 0 Å². The molecule has 0 fully saturated rings. The lowest BCUT2D eigenvalue weighted by atomic mass is 10.1. The molecule has 0 radical (unpaired) electrons. The fourth-order valence-corrected chi connectivity index (χ4v) is 2.92. The van der Waals surface area contributed by atoms with Crippen molar-refractivity contribution in [2.45, 2.75) is 13.0 Å². The first-order chi connectivity index (χ1) is 13.9. The highest BCUT2D eigenvalue weighted by molar-refractivity contribution is 6.06. The van der Waals surface area contributed by atoms with Crippen LogP contribution < -0.4 is 15.4 Å². The minimum atomic E-state index is -0.600. The number of nitro groups is 1. The molecule has 4 rings (SSSR count). The fourth-order valence-electron chi connectivity index (χ4n) is 2.92. The predicted octanol–water partition coefficient (Wildman–Crippen LogP) is 2.75. The van der Waals surface area contributed by atoms with E-state index in [1.807, 2.05) is 0 Å². The van der Waals surface area contributed by atoms with Gasteiger partial charge in [0.15, 0.2) is 6.10 Å². The summed E-state index contributed by atoms with van der Waals surface area (Å²) in [6, 6.07) is 8.99. The summed E-state index contributed by atoms with van der Waals surface area (Å²) < 4.78 is 6.97. The van der Waals surface area contributed by atoms with Gasteiger partial charge in [-0.3, -0.25) is 19.7 Å². The maximum atomic E-state index is 12.6. The molecule has 2 aromatic carbocycles. The maximum absolute atomic E-state index is 12.6. The lowest BCUT2D eigenvalue weighted by Gasteiger charge is -2.23. The topological polar surface area (TPSA) is 128 Å². The fraction of sp³-hybridized carbons (Fsp3) is 0.105. The Balaban J connectivity index is 1.59. The zero-order valence-electron chi connectivity index (χ0n) is 15.2. The van der Waals surface area contributed by atoms with E-state index in [1.54, 1.807) is 31.3 Å². The Kier molecular flexibility index (Phi) is 4.43. The van der Waals surface area contributed by atoms with Crippen molar-refractivity contribution in [3.63, 3.8) is 0 Å². The van der Waals surface area contributed by atoms with Crippen molar-refractivity contribution in [3.05, 3.63) is 70.8 Å². The average molecular weight is 393 g/mol. The number of nitrogens with zero attached hydrogens (tertiary/aromatic N) is 3. The molecule has 3 aromatic rings. The molecule has 2 N–H and O–H groups in total. The van der Waals surface area contributed by atoms with Crippen LogP contribution in [-0.2, 0) is 4.79 Å². The molecule has 1 aliphatic heterocycles. The van der Waals surface area contributed by atoms with E-state index in [4.69, 9.17) is 4.74 Å². The van der Waals surface area contributed by atoms with Gasteiger partial charge in [0.25, 0.3) is 17.5 Å². The molecule has 1 aliphatic rings. The molecule has 0 saturated heterocycles. The number of hydrogen-bond acceptors (Lipinski definition) is 6. The van der Waals surface area contributed by atoms with Gasteiger partial charge < -0.3 is 19.9 Å². The number of anilines is 2. The number of imidazole rings is 1. The summed E-state index contributed by atoms with van der Waals surface area (Å²) in [6.45, 7) is 1.63. The molecule has 146 valence electrons. The molecular weight excluding hydrogens is 378 g/mol. The number of hydrogen-bond donors (Lipinski definition) is 2. The number of rotatable bonds is 4. The van der Waals surface area contributed by atoms with Crippen molar-refractivity contribution < 1.29 is 19.2 Å². The Morgan fingerprint density at radius 3 is 2.86 bits per heavy atom. The smallest absolute Gasteiger partial charge is 0.294 e. The van der Waals surface area contributed by atoms with Crippen LogP contribution in [0.4, 0.5) is 17.1 Å². The second-order valence-corrected chi connectivity index (χ2v) is 6.34. The second-order valence-electron chi connectivity index (χ2n) is 6.34. The van der Waals surface area contributed by atoms with Gasteiger partial charge in [0.05, 0.1) is 16.9 Å². The van der Waals surface area contributed by atoms with Crippen LogP contribution in [0.1, 0.15) is 17.3 Å². The standard InChI is InChI=1S/C19H15N5O5/c1-11-18(25)22-14-9-13(3-5-17(14)29-11)21-19(26)12-2-4-15(16(8-12)24(27)28)23-7-6-20-10-23/h2-11H,1H3,(H,21,26)(H,22,25). The molecule has 10 nitrogen and oxygen atoms in total. The number of amides is 2. The number of nitro benzene ring substituents is 1. The van der Waals surface area contributed by atoms with Crippen LogP contribution in [-0.4, -0.2) is 32.4 Å². The molecule has 0 bridgehead atoms. The highest BCUT2D eigenvalue weighted by Gasteiger charge is 2.24. The molecular formula is C19H15N5O5. The number of aromatic nitrogens is 2. The van der Waals surface area contributed by atoms with Crippen molar-refractivity contribution in [2.24, 2.45) is 0 Å². The minimum Gasteiger partial charge on any atom is -0.479 e. The third kappa shape index (κ3) is 3.50. The monoisotopic (exact) mass is 393 g/mol. The van der Waals surface area contributed by atoms with Crippen LogP contribution in [0, 0.1) is 10.1 Å². The number of fused-ring (bicyclic) bond motifs is 1. The van der Waals surface area contributed by atoms with Gasteiger partial charge in [0, 0.05) is 29.7 Å². The van der Waals surface area contributed by atoms with E-state index in [-0.39, 0.29) is 17.2 Å². The summed E-state index contributed by atoms with van der Waals surface area (Å²) in [5.74, 6) is -0.316. The third-order valence-electron chi connectivity index (χ3n) is 4.39. The Labute approximate surface area is 164 Å². The van der Waals surface area contributed by atoms with Crippen LogP contribution in [0.25, 0.3) is 5.69 Å². The summed E-state index contributed by atoms with van der Waals surface area (Å²) >= 11 is 0. The Bertz CT molecular complexity index is 1130. The Morgan fingerprint density at radius 2 is 2.14 bits per heavy atom. The van der Waals surface area contributed by atoms with Crippen molar-refractivity contribution in [1.29, 1.82) is 0 Å². The van der Waals surface area contributed by atoms with E-state index in [9.17, 15) is 19.7 Å². The molecule has 0 saturated carbocycles. The number of nitrogens with one attached hydrogen (secondary N) is 2. The maximum Gasteiger partial charge on any atom is 0.294 e. The highest BCUT2D eigenvalue weighted by Crippen LogP contribution is 2.32. The van der Waals surface area contributed by atoms with Crippen molar-refractivity contribution in [2.75, 3.05) is 10.6 Å². The van der Waals surface area contributed by atoms with Gasteiger partial charge >= 0.3 is 0 Å². The van der Waals surface area contributed by atoms with Crippen molar-refractivity contribution in [3.8, 4) is 11.4 Å². The van der Waals surface area contributed by atoms with E-state index in [2.05, 4.69) is 15.6 Å². The van der Waals surface area contributed by atoms with E-state index in [0.29, 0.717) is 22.8 Å². The summed E-state index contributed by atoms with van der Waals surface area (Å²) in [4.78, 5) is 39.1. The van der Waals surface area contributed by atoms with Crippen LogP contribution in [0.5, 0.6) is 5.75 Å². The molecule has 1 atom stereocenters. The molecule has 10 heteroatoms. The summed E-state index contributed by atoms with van der Waals surface area (Å²) in [7, 11) is 0. The largest absolute Gasteiger partial charge is 0.479 e. The first-order valence-electron chi connectivity index (χ1n) is 8.62. The van der Waals surface area contributed by atoms with Gasteiger partial charge in [-0.2, -0.15) is 0 Å². The van der Waals surface area contributed by atoms with Crippen LogP contribution in [0.15, 0.2) is 55.1 Å². The van der Waals surface area contributed by atoms with Crippen molar-refractivity contribution in [1.82, 2.24) is 9.55 Å². The molecule has 1 aromatic heterocycles. The normalized spacial score (nSPS) is 15.1. The van der Waals surface area contributed by atoms with Gasteiger partial charge in [-0.15, -0.1) is 0 Å². The van der Waals surface area contributed by atoms with Gasteiger partial charge in [-0.1, -0.05) is 0 Å². The third-order valence-corrected chi connectivity index (χ3v) is 4.39. The van der Waals surface area contributed by atoms with Crippen molar-refractivity contribution >= 4 is 28.9 Å². The summed E-state index contributed by atoms with van der Waals surface area (Å²) in [6.07, 6.45) is 3.92. The lowest BCUT2D eigenvalue weighted by Crippen LogP contribution is -2.34. The lowest BCUT2D eigenvalue weighted by molar-refractivity contribution is -0.384. The predicted molar refractivity (Wildman–Crippen MR) is 103 cm³/mol. The van der Waals surface area contributed by atoms with Gasteiger partial charge in [-0.25, -0.2) is 4.98 Å². The van der Waals surface area contributed by atoms with Crippen LogP contribution in [0.2, 0.25) is 0 Å². The molecule has 29 heavy (non-hydrogen) atoms. The molecule has 2 heterocycles. The van der Waals surface area contributed by atoms with Gasteiger partial charge in [-0.05, 0) is 37.3 Å². The average Bonchev–Trinajstić information content (AvgIpc) is 3.23. The van der Waals surface area contributed by atoms with E-state index < -0.39 is 16.9 Å². The number of carbonyl (C=O) groups excluding carboxylic acids is 2. The summed E-state index contributed by atoms with van der Waals surface area (Å²) in [5, 5.41) is 16.8. The van der Waals surface area contributed by atoms with Gasteiger partial charge in [0.2, 0.25) is 0 Å². The molecule has 0 spiro atoms. The number of ether oxygens (including phenoxy) is 1. The first-order valence-corrected chi connectivity index (χ1v) is 8.62. The van der Waals surface area contributed by atoms with Crippen LogP contribution >= 0.6 is 0 Å². The zero-order chi connectivity index (χ0) is 20.5. The Morgan fingerprint density at radius 1 is 1.31 bits per heavy atom. The quantitative estimate of drug-likeness (QED) is 0.518. The second kappa shape index (κ2) is 7.08.